The first kappa shape index (κ1) is 11.4. The molecule has 0 bridgehead atoms. The maximum absolute atomic E-state index is 10.3. The average Bonchev–Trinajstić information content (AvgIpc) is 2.00. The lowest BCUT2D eigenvalue weighted by molar-refractivity contribution is -0.137. The topological polar surface area (TPSA) is 40.5 Å². The highest BCUT2D eigenvalue weighted by atomic mass is 16.4. The minimum absolute atomic E-state index is 0.107. The standard InChI is InChI=1S/C9H19NO2/c1-5-9(2,3)10(4)7-6-8(11)12/h5-7H2,1-4H3,(H,11,12). The Balaban J connectivity index is 3.86. The summed E-state index contributed by atoms with van der Waals surface area (Å²) >= 11 is 0. The number of aliphatic carboxylic acids is 1. The number of carboxylic acids is 1. The predicted molar refractivity (Wildman–Crippen MR) is 49.3 cm³/mol. The van der Waals surface area contributed by atoms with E-state index in [1.807, 2.05) is 7.05 Å². The van der Waals surface area contributed by atoms with Gasteiger partial charge in [-0.2, -0.15) is 0 Å². The number of hydrogen-bond acceptors (Lipinski definition) is 2. The van der Waals surface area contributed by atoms with Crippen molar-refractivity contribution in [1.29, 1.82) is 0 Å². The van der Waals surface area contributed by atoms with Crippen LogP contribution in [0, 0.1) is 0 Å². The van der Waals surface area contributed by atoms with Gasteiger partial charge in [0, 0.05) is 12.1 Å². The van der Waals surface area contributed by atoms with Crippen LogP contribution in [0.3, 0.4) is 0 Å². The van der Waals surface area contributed by atoms with Crippen LogP contribution in [0.25, 0.3) is 0 Å². The molecule has 12 heavy (non-hydrogen) atoms. The molecule has 0 spiro atoms. The summed E-state index contributed by atoms with van der Waals surface area (Å²) in [5.41, 5.74) is 0.107. The molecule has 0 radical (unpaired) electrons. The van der Waals surface area contributed by atoms with Crippen molar-refractivity contribution in [2.75, 3.05) is 13.6 Å². The Labute approximate surface area is 74.4 Å². The lowest BCUT2D eigenvalue weighted by Gasteiger charge is -2.34. The second-order valence-corrected chi connectivity index (χ2v) is 3.73. The number of nitrogens with zero attached hydrogens (tertiary/aromatic N) is 1. The van der Waals surface area contributed by atoms with Crippen LogP contribution < -0.4 is 0 Å². The maximum atomic E-state index is 10.3. The van der Waals surface area contributed by atoms with Gasteiger partial charge < -0.3 is 10.0 Å². The Bertz CT molecular complexity index is 155. The summed E-state index contributed by atoms with van der Waals surface area (Å²) in [7, 11) is 1.96. The molecule has 0 amide bonds. The minimum atomic E-state index is -0.728. The van der Waals surface area contributed by atoms with Gasteiger partial charge >= 0.3 is 5.97 Å². The molecule has 0 aliphatic rings. The molecule has 0 unspecified atom stereocenters. The molecule has 3 nitrogen and oxygen atoms in total. The molecule has 3 heteroatoms. The zero-order valence-electron chi connectivity index (χ0n) is 8.42. The SMILES string of the molecule is CCC(C)(C)N(C)CCC(=O)O. The number of carbonyl (C=O) groups is 1. The predicted octanol–water partition coefficient (Wildman–Crippen LogP) is 1.58. The second kappa shape index (κ2) is 4.45. The van der Waals surface area contributed by atoms with E-state index < -0.39 is 5.97 Å². The molecular weight excluding hydrogens is 154 g/mol. The van der Waals surface area contributed by atoms with E-state index in [9.17, 15) is 4.79 Å². The molecule has 0 fully saturated rings. The molecule has 0 aromatic carbocycles. The van der Waals surface area contributed by atoms with Gasteiger partial charge in [-0.25, -0.2) is 0 Å². The Hall–Kier alpha value is -0.570. The van der Waals surface area contributed by atoms with Crippen LogP contribution in [0.2, 0.25) is 0 Å². The Morgan fingerprint density at radius 2 is 2.00 bits per heavy atom. The van der Waals surface area contributed by atoms with E-state index >= 15 is 0 Å². The van der Waals surface area contributed by atoms with Crippen molar-refractivity contribution >= 4 is 5.97 Å². The van der Waals surface area contributed by atoms with Gasteiger partial charge in [-0.1, -0.05) is 6.92 Å². The molecule has 0 aliphatic carbocycles. The van der Waals surface area contributed by atoms with Crippen molar-refractivity contribution < 1.29 is 9.90 Å². The fraction of sp³-hybridized carbons (Fsp3) is 0.889. The van der Waals surface area contributed by atoms with Crippen LogP contribution in [0.1, 0.15) is 33.6 Å². The molecule has 0 heterocycles. The Morgan fingerprint density at radius 1 is 1.50 bits per heavy atom. The molecule has 0 aromatic heterocycles. The van der Waals surface area contributed by atoms with Crippen molar-refractivity contribution in [1.82, 2.24) is 4.90 Å². The minimum Gasteiger partial charge on any atom is -0.481 e. The Kier molecular flexibility index (Phi) is 4.24. The van der Waals surface area contributed by atoms with Crippen LogP contribution >= 0.6 is 0 Å². The molecule has 0 saturated carbocycles. The average molecular weight is 173 g/mol. The quantitative estimate of drug-likeness (QED) is 0.686. The summed E-state index contributed by atoms with van der Waals surface area (Å²) in [6.07, 6.45) is 1.25. The molecule has 0 rings (SSSR count). The van der Waals surface area contributed by atoms with Crippen LogP contribution in [-0.2, 0) is 4.79 Å². The van der Waals surface area contributed by atoms with Gasteiger partial charge in [-0.05, 0) is 27.3 Å². The zero-order chi connectivity index (χ0) is 9.78. The normalized spacial score (nSPS) is 12.1. The molecule has 0 saturated heterocycles. The number of carboxylic acid groups (broad SMARTS) is 1. The summed E-state index contributed by atoms with van der Waals surface area (Å²) in [6.45, 7) is 6.97. The van der Waals surface area contributed by atoms with Gasteiger partial charge in [0.15, 0.2) is 0 Å². The van der Waals surface area contributed by atoms with Crippen molar-refractivity contribution in [3.63, 3.8) is 0 Å². The van der Waals surface area contributed by atoms with Crippen molar-refractivity contribution in [2.24, 2.45) is 0 Å². The number of rotatable bonds is 5. The molecule has 0 atom stereocenters. The van der Waals surface area contributed by atoms with E-state index in [4.69, 9.17) is 5.11 Å². The third-order valence-corrected chi connectivity index (χ3v) is 2.56. The number of hydrogen-bond donors (Lipinski definition) is 1. The van der Waals surface area contributed by atoms with E-state index in [0.29, 0.717) is 6.54 Å². The van der Waals surface area contributed by atoms with Crippen LogP contribution in [0.4, 0.5) is 0 Å². The fourth-order valence-electron chi connectivity index (χ4n) is 0.836. The van der Waals surface area contributed by atoms with Crippen LogP contribution in [0.15, 0.2) is 0 Å². The lowest BCUT2D eigenvalue weighted by atomic mass is 10.00. The lowest BCUT2D eigenvalue weighted by Crippen LogP contribution is -2.41. The highest BCUT2D eigenvalue weighted by molar-refractivity contribution is 5.66. The van der Waals surface area contributed by atoms with Gasteiger partial charge in [0.1, 0.15) is 0 Å². The van der Waals surface area contributed by atoms with Crippen molar-refractivity contribution in [2.45, 2.75) is 39.2 Å². The van der Waals surface area contributed by atoms with Gasteiger partial charge in [-0.15, -0.1) is 0 Å². The fourth-order valence-corrected chi connectivity index (χ4v) is 0.836. The molecule has 0 aromatic rings. The third kappa shape index (κ3) is 3.72. The monoisotopic (exact) mass is 173 g/mol. The van der Waals surface area contributed by atoms with Crippen molar-refractivity contribution in [3.8, 4) is 0 Å². The van der Waals surface area contributed by atoms with Gasteiger partial charge in [0.2, 0.25) is 0 Å². The molecule has 72 valence electrons. The highest BCUT2D eigenvalue weighted by Crippen LogP contribution is 2.15. The summed E-state index contributed by atoms with van der Waals surface area (Å²) < 4.78 is 0. The largest absolute Gasteiger partial charge is 0.481 e. The summed E-state index contributed by atoms with van der Waals surface area (Å²) in [4.78, 5) is 12.4. The van der Waals surface area contributed by atoms with Crippen molar-refractivity contribution in [3.05, 3.63) is 0 Å². The summed E-state index contributed by atoms with van der Waals surface area (Å²) in [5, 5.41) is 8.47. The van der Waals surface area contributed by atoms with Gasteiger partial charge in [0.05, 0.1) is 6.42 Å². The van der Waals surface area contributed by atoms with Gasteiger partial charge in [0.25, 0.3) is 0 Å². The molecule has 1 N–H and O–H groups in total. The summed E-state index contributed by atoms with van der Waals surface area (Å²) in [5.74, 6) is -0.728. The smallest absolute Gasteiger partial charge is 0.304 e. The third-order valence-electron chi connectivity index (χ3n) is 2.56. The van der Waals surface area contributed by atoms with E-state index in [0.717, 1.165) is 6.42 Å². The van der Waals surface area contributed by atoms with E-state index in [1.165, 1.54) is 0 Å². The first-order chi connectivity index (χ1) is 5.40. The summed E-state index contributed by atoms with van der Waals surface area (Å²) in [6, 6.07) is 0. The first-order valence-corrected chi connectivity index (χ1v) is 4.33. The first-order valence-electron chi connectivity index (χ1n) is 4.33. The molecular formula is C9H19NO2. The van der Waals surface area contributed by atoms with Gasteiger partial charge in [-0.3, -0.25) is 4.79 Å². The zero-order valence-corrected chi connectivity index (χ0v) is 8.42. The van der Waals surface area contributed by atoms with E-state index in [2.05, 4.69) is 25.7 Å². The maximum Gasteiger partial charge on any atom is 0.304 e. The second-order valence-electron chi connectivity index (χ2n) is 3.73. The molecule has 0 aliphatic heterocycles. The van der Waals surface area contributed by atoms with E-state index in [1.54, 1.807) is 0 Å². The highest BCUT2D eigenvalue weighted by Gasteiger charge is 2.20. The van der Waals surface area contributed by atoms with Crippen LogP contribution in [-0.4, -0.2) is 35.1 Å². The van der Waals surface area contributed by atoms with E-state index in [-0.39, 0.29) is 12.0 Å². The van der Waals surface area contributed by atoms with Crippen LogP contribution in [0.5, 0.6) is 0 Å². The Morgan fingerprint density at radius 3 is 2.33 bits per heavy atom.